The molecule has 1 aliphatic rings. The second kappa shape index (κ2) is 6.41. The summed E-state index contributed by atoms with van der Waals surface area (Å²) in [7, 11) is 3.47. The normalized spacial score (nSPS) is 21.8. The van der Waals surface area contributed by atoms with Crippen LogP contribution in [0.2, 0.25) is 0 Å². The van der Waals surface area contributed by atoms with E-state index in [1.165, 1.54) is 0 Å². The van der Waals surface area contributed by atoms with Crippen molar-refractivity contribution < 1.29 is 13.5 Å². The van der Waals surface area contributed by atoms with E-state index in [1.807, 2.05) is 0 Å². The second-order valence-electron chi connectivity index (χ2n) is 4.89. The fourth-order valence-corrected chi connectivity index (χ4v) is 2.55. The molecule has 0 aliphatic carbocycles. The van der Waals surface area contributed by atoms with Crippen molar-refractivity contribution in [2.75, 3.05) is 33.8 Å². The standard InChI is InChI=1S/C14H20F2N2O/c1-17-13(9-18-7-6-10(8-18)19-2)11-4-3-5-12(15)14(11)16/h3-5,10,13,17H,6-9H2,1-2H3. The molecule has 1 aromatic carbocycles. The fourth-order valence-electron chi connectivity index (χ4n) is 2.55. The second-order valence-corrected chi connectivity index (χ2v) is 4.89. The molecule has 5 heteroatoms. The molecule has 0 saturated carbocycles. The minimum Gasteiger partial charge on any atom is -0.380 e. The number of benzene rings is 1. The highest BCUT2D eigenvalue weighted by atomic mass is 19.2. The van der Waals surface area contributed by atoms with Gasteiger partial charge in [0.15, 0.2) is 11.6 Å². The molecule has 1 heterocycles. The molecule has 1 aliphatic heterocycles. The van der Waals surface area contributed by atoms with Crippen LogP contribution in [0.3, 0.4) is 0 Å². The summed E-state index contributed by atoms with van der Waals surface area (Å²) in [5.41, 5.74) is 0.378. The molecule has 1 fully saturated rings. The summed E-state index contributed by atoms with van der Waals surface area (Å²) < 4.78 is 32.4. The molecule has 2 atom stereocenters. The van der Waals surface area contributed by atoms with Crippen molar-refractivity contribution in [1.82, 2.24) is 10.2 Å². The lowest BCUT2D eigenvalue weighted by Gasteiger charge is -2.24. The van der Waals surface area contributed by atoms with E-state index >= 15 is 0 Å². The summed E-state index contributed by atoms with van der Waals surface area (Å²) in [5, 5.41) is 3.06. The number of nitrogens with zero attached hydrogens (tertiary/aromatic N) is 1. The van der Waals surface area contributed by atoms with Crippen molar-refractivity contribution in [3.8, 4) is 0 Å². The summed E-state index contributed by atoms with van der Waals surface area (Å²) in [6.07, 6.45) is 1.23. The predicted molar refractivity (Wildman–Crippen MR) is 70.0 cm³/mol. The van der Waals surface area contributed by atoms with Gasteiger partial charge in [0.2, 0.25) is 0 Å². The van der Waals surface area contributed by atoms with Gasteiger partial charge in [0.05, 0.1) is 6.10 Å². The van der Waals surface area contributed by atoms with Gasteiger partial charge in [-0.05, 0) is 19.5 Å². The van der Waals surface area contributed by atoms with Crippen LogP contribution in [0.4, 0.5) is 8.78 Å². The summed E-state index contributed by atoms with van der Waals surface area (Å²) >= 11 is 0. The first-order chi connectivity index (χ1) is 9.15. The maximum atomic E-state index is 13.8. The molecule has 0 spiro atoms. The first-order valence-corrected chi connectivity index (χ1v) is 6.52. The van der Waals surface area contributed by atoms with Gasteiger partial charge in [0.1, 0.15) is 0 Å². The first-order valence-electron chi connectivity index (χ1n) is 6.52. The van der Waals surface area contributed by atoms with Gasteiger partial charge in [0.25, 0.3) is 0 Å². The zero-order valence-electron chi connectivity index (χ0n) is 11.3. The quantitative estimate of drug-likeness (QED) is 0.885. The number of nitrogens with one attached hydrogen (secondary N) is 1. The molecule has 1 N–H and O–H groups in total. The lowest BCUT2D eigenvalue weighted by atomic mass is 10.1. The zero-order valence-corrected chi connectivity index (χ0v) is 11.3. The Morgan fingerprint density at radius 2 is 2.26 bits per heavy atom. The minimum absolute atomic E-state index is 0.216. The van der Waals surface area contributed by atoms with E-state index in [0.717, 1.165) is 25.6 Å². The average Bonchev–Trinajstić information content (AvgIpc) is 2.87. The van der Waals surface area contributed by atoms with Gasteiger partial charge in [-0.25, -0.2) is 8.78 Å². The molecule has 19 heavy (non-hydrogen) atoms. The number of ether oxygens (including phenoxy) is 1. The molecule has 0 aromatic heterocycles. The average molecular weight is 270 g/mol. The third kappa shape index (κ3) is 3.29. The molecule has 0 amide bonds. The summed E-state index contributed by atoms with van der Waals surface area (Å²) in [6.45, 7) is 2.41. The van der Waals surface area contributed by atoms with Crippen molar-refractivity contribution >= 4 is 0 Å². The largest absolute Gasteiger partial charge is 0.380 e. The summed E-state index contributed by atoms with van der Waals surface area (Å²) in [5.74, 6) is -1.56. The number of hydrogen-bond acceptors (Lipinski definition) is 3. The van der Waals surface area contributed by atoms with E-state index in [1.54, 1.807) is 26.3 Å². The Labute approximate surface area is 112 Å². The van der Waals surface area contributed by atoms with E-state index in [2.05, 4.69) is 10.2 Å². The van der Waals surface area contributed by atoms with Crippen LogP contribution in [-0.4, -0.2) is 44.8 Å². The number of methoxy groups -OCH3 is 1. The van der Waals surface area contributed by atoms with Gasteiger partial charge in [-0.3, -0.25) is 4.90 Å². The number of hydrogen-bond donors (Lipinski definition) is 1. The van der Waals surface area contributed by atoms with Crippen LogP contribution >= 0.6 is 0 Å². The van der Waals surface area contributed by atoms with Crippen LogP contribution in [-0.2, 0) is 4.74 Å². The van der Waals surface area contributed by atoms with Gasteiger partial charge in [-0.2, -0.15) is 0 Å². The lowest BCUT2D eigenvalue weighted by Crippen LogP contribution is -2.33. The van der Waals surface area contributed by atoms with Gasteiger partial charge in [-0.1, -0.05) is 12.1 Å². The molecule has 3 nitrogen and oxygen atoms in total. The Bertz CT molecular complexity index is 428. The monoisotopic (exact) mass is 270 g/mol. The Hall–Kier alpha value is -1.04. The Morgan fingerprint density at radius 1 is 1.47 bits per heavy atom. The number of rotatable bonds is 5. The smallest absolute Gasteiger partial charge is 0.163 e. The number of likely N-dealkylation sites (N-methyl/N-ethyl adjacent to an activating group) is 1. The van der Waals surface area contributed by atoms with Crippen molar-refractivity contribution in [1.29, 1.82) is 0 Å². The Balaban J connectivity index is 2.06. The maximum absolute atomic E-state index is 13.8. The number of likely N-dealkylation sites (tertiary alicyclic amines) is 1. The molecule has 1 saturated heterocycles. The van der Waals surface area contributed by atoms with Gasteiger partial charge >= 0.3 is 0 Å². The van der Waals surface area contributed by atoms with E-state index in [0.29, 0.717) is 12.1 Å². The van der Waals surface area contributed by atoms with Gasteiger partial charge in [-0.15, -0.1) is 0 Å². The topological polar surface area (TPSA) is 24.5 Å². The Morgan fingerprint density at radius 3 is 2.89 bits per heavy atom. The molecular formula is C14H20F2N2O. The van der Waals surface area contributed by atoms with Crippen LogP contribution in [0.25, 0.3) is 0 Å². The van der Waals surface area contributed by atoms with E-state index < -0.39 is 11.6 Å². The van der Waals surface area contributed by atoms with Gasteiger partial charge in [0, 0.05) is 38.3 Å². The first kappa shape index (κ1) is 14.4. The van der Waals surface area contributed by atoms with Crippen LogP contribution < -0.4 is 5.32 Å². The minimum atomic E-state index is -0.797. The fraction of sp³-hybridized carbons (Fsp3) is 0.571. The van der Waals surface area contributed by atoms with Crippen LogP contribution in [0.15, 0.2) is 18.2 Å². The van der Waals surface area contributed by atoms with E-state index in [4.69, 9.17) is 4.74 Å². The molecule has 1 aromatic rings. The zero-order chi connectivity index (χ0) is 13.8. The highest BCUT2D eigenvalue weighted by molar-refractivity contribution is 5.23. The third-order valence-electron chi connectivity index (χ3n) is 3.71. The molecule has 2 unspecified atom stereocenters. The van der Waals surface area contributed by atoms with E-state index in [9.17, 15) is 8.78 Å². The molecule has 0 bridgehead atoms. The van der Waals surface area contributed by atoms with Crippen molar-refractivity contribution in [2.24, 2.45) is 0 Å². The van der Waals surface area contributed by atoms with E-state index in [-0.39, 0.29) is 12.1 Å². The summed E-state index contributed by atoms with van der Waals surface area (Å²) in [4.78, 5) is 2.21. The van der Waals surface area contributed by atoms with Crippen LogP contribution in [0.5, 0.6) is 0 Å². The van der Waals surface area contributed by atoms with Crippen molar-refractivity contribution in [3.05, 3.63) is 35.4 Å². The highest BCUT2D eigenvalue weighted by Crippen LogP contribution is 2.22. The molecular weight excluding hydrogens is 250 g/mol. The lowest BCUT2D eigenvalue weighted by molar-refractivity contribution is 0.107. The van der Waals surface area contributed by atoms with Crippen LogP contribution in [0.1, 0.15) is 18.0 Å². The SMILES string of the molecule is CNC(CN1CCC(OC)C1)c1cccc(F)c1F. The van der Waals surface area contributed by atoms with Gasteiger partial charge < -0.3 is 10.1 Å². The third-order valence-corrected chi connectivity index (χ3v) is 3.71. The molecule has 0 radical (unpaired) electrons. The molecule has 106 valence electrons. The molecule has 2 rings (SSSR count). The van der Waals surface area contributed by atoms with Crippen molar-refractivity contribution in [3.63, 3.8) is 0 Å². The number of halogens is 2. The summed E-state index contributed by atoms with van der Waals surface area (Å²) in [6, 6.07) is 4.09. The maximum Gasteiger partial charge on any atom is 0.163 e. The van der Waals surface area contributed by atoms with Crippen LogP contribution in [0, 0.1) is 11.6 Å². The highest BCUT2D eigenvalue weighted by Gasteiger charge is 2.26. The predicted octanol–water partition coefficient (Wildman–Crippen LogP) is 1.95. The van der Waals surface area contributed by atoms with Crippen molar-refractivity contribution in [2.45, 2.75) is 18.6 Å². The Kier molecular flexibility index (Phi) is 4.85.